The van der Waals surface area contributed by atoms with Crippen molar-refractivity contribution in [1.82, 2.24) is 0 Å². The van der Waals surface area contributed by atoms with Gasteiger partial charge in [-0.2, -0.15) is 10.2 Å². The van der Waals surface area contributed by atoms with Crippen molar-refractivity contribution < 1.29 is 52.6 Å². The van der Waals surface area contributed by atoms with Crippen LogP contribution >= 0.6 is 0 Å². The minimum Gasteiger partial charge on any atom is -0.429 e. The van der Waals surface area contributed by atoms with Gasteiger partial charge >= 0.3 is 0 Å². The van der Waals surface area contributed by atoms with Gasteiger partial charge in [-0.3, -0.25) is 54.0 Å². The van der Waals surface area contributed by atoms with Crippen LogP contribution in [0.25, 0.3) is 0 Å². The first-order chi connectivity index (χ1) is 34.3. The largest absolute Gasteiger partial charge is 0.429 e. The fraction of sp³-hybridized carbons (Fsp3) is 0.226. The Hall–Kier alpha value is -9.93. The first kappa shape index (κ1) is 70.3. The van der Waals surface area contributed by atoms with Crippen molar-refractivity contribution in [3.05, 3.63) is 144 Å². The molecule has 76 heavy (non-hydrogen) atoms. The lowest BCUT2D eigenvalue weighted by Crippen LogP contribution is -2.36. The quantitative estimate of drug-likeness (QED) is 0.0136. The molecule has 0 radical (unpaired) electrons. The number of carbonyl (C=O) groups excluding carboxylic acids is 9. The molecule has 2 unspecified atom stereocenters. The molecule has 0 aliphatic heterocycles. The van der Waals surface area contributed by atoms with E-state index in [1.54, 1.807) is 48.5 Å². The average molecular weight is 1050 g/mol. The highest BCUT2D eigenvalue weighted by Gasteiger charge is 2.16. The summed E-state index contributed by atoms with van der Waals surface area (Å²) in [6, 6.07) is 37.6. The number of benzene rings is 5. The van der Waals surface area contributed by atoms with Gasteiger partial charge in [0.1, 0.15) is 17.9 Å². The normalized spacial score (nSPS) is 9.97. The van der Waals surface area contributed by atoms with Gasteiger partial charge in [0.05, 0.1) is 11.4 Å². The van der Waals surface area contributed by atoms with E-state index in [1.165, 1.54) is 35.4 Å². The van der Waals surface area contributed by atoms with Crippen LogP contribution in [-0.2, 0) is 38.4 Å². The molecule has 0 fully saturated rings. The van der Waals surface area contributed by atoms with Crippen LogP contribution in [0.4, 0.5) is 22.7 Å². The number of nitrogens with zero attached hydrogens (tertiary/aromatic N) is 2. The molecule has 5 aromatic carbocycles. The lowest BCUT2D eigenvalue weighted by Gasteiger charge is -2.19. The third kappa shape index (κ3) is 27.0. The smallest absolute Gasteiger partial charge is 0.298 e. The molecule has 7 amide bonds. The number of nitrogens with one attached hydrogen (secondary N) is 3. The fourth-order valence-corrected chi connectivity index (χ4v) is 5.89. The van der Waals surface area contributed by atoms with Crippen LogP contribution in [0.3, 0.4) is 0 Å². The van der Waals surface area contributed by atoms with E-state index in [0.29, 0.717) is 64.6 Å². The van der Waals surface area contributed by atoms with Crippen molar-refractivity contribution in [2.24, 2.45) is 44.6 Å². The van der Waals surface area contributed by atoms with Crippen LogP contribution in [0.15, 0.2) is 138 Å². The summed E-state index contributed by atoms with van der Waals surface area (Å²) in [5.41, 5.74) is 43.5. The number of ether oxygens (including phenoxy) is 2. The molecule has 0 spiro atoms. The van der Waals surface area contributed by atoms with Crippen LogP contribution in [0.5, 0.6) is 11.5 Å². The second kappa shape index (κ2) is 37.8. The number of hydrogen-bond donors (Lipinski definition) is 10. The highest BCUT2D eigenvalue weighted by atomic mass is 16.5. The van der Waals surface area contributed by atoms with Crippen LogP contribution in [-0.4, -0.2) is 65.7 Å². The van der Waals surface area contributed by atoms with E-state index < -0.39 is 46.9 Å². The van der Waals surface area contributed by atoms with Crippen LogP contribution in [0.1, 0.15) is 103 Å². The Morgan fingerprint density at radius 2 is 0.921 bits per heavy atom. The summed E-state index contributed by atoms with van der Waals surface area (Å²) in [7, 11) is 0. The van der Waals surface area contributed by atoms with E-state index in [1.807, 2.05) is 12.1 Å². The zero-order chi connectivity index (χ0) is 53.6. The molecule has 23 heteroatoms. The lowest BCUT2D eigenvalue weighted by molar-refractivity contribution is -0.126. The minimum absolute atomic E-state index is 0. The Labute approximate surface area is 443 Å². The maximum atomic E-state index is 12.7. The third-order valence-corrected chi connectivity index (χ3v) is 9.58. The Bertz CT molecular complexity index is 2620. The number of amides is 7. The van der Waals surface area contributed by atoms with E-state index in [4.69, 9.17) is 28.7 Å². The molecule has 0 aromatic heterocycles. The second-order valence-corrected chi connectivity index (χ2v) is 14.9. The summed E-state index contributed by atoms with van der Waals surface area (Å²) in [5, 5.41) is 9.99. The van der Waals surface area contributed by atoms with Crippen LogP contribution in [0, 0.1) is 0 Å². The van der Waals surface area contributed by atoms with Crippen molar-refractivity contribution in [2.75, 3.05) is 21.9 Å². The van der Waals surface area contributed by atoms with Crippen molar-refractivity contribution in [3.8, 4) is 11.5 Å². The number of hydrogen-bond acceptors (Lipinski definition) is 16. The van der Waals surface area contributed by atoms with Gasteiger partial charge in [0.15, 0.2) is 0 Å². The molecule has 23 nitrogen and oxygen atoms in total. The van der Waals surface area contributed by atoms with Crippen molar-refractivity contribution in [3.63, 3.8) is 0 Å². The molecule has 0 heterocycles. The maximum Gasteiger partial charge on any atom is 0.298 e. The number of rotatable bonds is 22. The number of primary amides is 6. The van der Waals surface area contributed by atoms with E-state index in [9.17, 15) is 43.2 Å². The molecule has 0 saturated carbocycles. The molecule has 410 valence electrons. The van der Waals surface area contributed by atoms with Crippen LogP contribution in [0.2, 0.25) is 0 Å². The second-order valence-electron chi connectivity index (χ2n) is 14.9. The number of nitrogen functional groups attached to an aromatic ring is 1. The monoisotopic (exact) mass is 1050 g/mol. The lowest BCUT2D eigenvalue weighted by atomic mass is 9.87. The molecule has 0 bridgehead atoms. The molecule has 0 saturated heterocycles. The summed E-state index contributed by atoms with van der Waals surface area (Å²) < 4.78 is 9.10. The van der Waals surface area contributed by atoms with E-state index >= 15 is 0 Å². The van der Waals surface area contributed by atoms with Crippen molar-refractivity contribution in [1.29, 1.82) is 0 Å². The molecule has 0 aliphatic rings. The molecule has 0 aliphatic carbocycles. The Morgan fingerprint density at radius 1 is 0.526 bits per heavy atom. The summed E-state index contributed by atoms with van der Waals surface area (Å²) in [6.07, 6.45) is 2.97. The van der Waals surface area contributed by atoms with Gasteiger partial charge in [-0.1, -0.05) is 86.0 Å². The zero-order valence-corrected chi connectivity index (χ0v) is 39.2. The molecular formula is C53H72N12O11. The predicted octanol–water partition coefficient (Wildman–Crippen LogP) is 5.41. The third-order valence-electron chi connectivity index (χ3n) is 9.58. The van der Waals surface area contributed by atoms with E-state index in [2.05, 4.69) is 104 Å². The molecule has 2 atom stereocenters. The van der Waals surface area contributed by atoms with Gasteiger partial charge in [-0.25, -0.2) is 0 Å². The van der Waals surface area contributed by atoms with Gasteiger partial charge < -0.3 is 54.9 Å². The van der Waals surface area contributed by atoms with Gasteiger partial charge in [-0.15, -0.1) is 0 Å². The Kier molecular flexibility index (Phi) is 35.0. The van der Waals surface area contributed by atoms with Crippen LogP contribution < -0.4 is 65.8 Å². The summed E-state index contributed by atoms with van der Waals surface area (Å²) in [6.45, 7) is 5.15. The Morgan fingerprint density at radius 3 is 1.29 bits per heavy atom. The SMILES string of the molecule is C.C.C.C.CCC(CCC(C)c1ccc(NC(=O)c2ccc(NN=C(C(N)=O)C(N)=O)cc2)cc1)c1ccccc1.NC(=O)C(=NNc1ccc(OC=O)cc1)C(N)=O.NC(=O)CC(N)=O.Nc1ccc(OC=O)cc1. The zero-order valence-electron chi connectivity index (χ0n) is 39.2. The Balaban J connectivity index is -0.00000113. The maximum absolute atomic E-state index is 12.7. The number of nitrogens with two attached hydrogens (primary N) is 7. The molecule has 17 N–H and O–H groups in total. The highest BCUT2D eigenvalue weighted by Crippen LogP contribution is 2.30. The molecule has 5 rings (SSSR count). The summed E-state index contributed by atoms with van der Waals surface area (Å²) >= 11 is 0. The average Bonchev–Trinajstić information content (AvgIpc) is 3.34. The topological polar surface area (TPSA) is 415 Å². The number of carbonyl (C=O) groups is 9. The molecular weight excluding hydrogens is 981 g/mol. The van der Waals surface area contributed by atoms with Gasteiger partial charge in [0.2, 0.25) is 23.2 Å². The summed E-state index contributed by atoms with van der Waals surface area (Å²) in [4.78, 5) is 95.9. The van der Waals surface area contributed by atoms with Gasteiger partial charge in [0.25, 0.3) is 42.5 Å². The van der Waals surface area contributed by atoms with Gasteiger partial charge in [0, 0.05) is 16.9 Å². The summed E-state index contributed by atoms with van der Waals surface area (Å²) in [5.74, 6) is -3.96. The molecule has 5 aromatic rings. The number of anilines is 4. The van der Waals surface area contributed by atoms with Crippen molar-refractivity contribution in [2.45, 2.75) is 81.1 Å². The first-order valence-electron chi connectivity index (χ1n) is 21.4. The highest BCUT2D eigenvalue weighted by molar-refractivity contribution is 6.65. The standard InChI is InChI=1S/C29H33N5O3.C10H10N4O4.C7H7NO2.C3H6N2O2.4CH4/c1-3-20(22-7-5-4-6-8-22)10-9-19(2)21-11-15-24(16-12-21)32-29(37)23-13-17-25(18-14-23)33-34-26(27(30)35)28(31)36;11-9(16)8(10(12)17)14-13-6-1-3-7(4-2-6)18-5-15;8-6-1-3-7(4-2-6)10-5-9;4-2(6)1-3(5)7;;;;/h4-8,11-20,33H,3,9-10H2,1-2H3,(H2,30,35)(H2,31,36)(H,32,37);1-5,13H,(H2,11,16)(H2,12,17);1-5H,8H2;1H2,(H2,4,6)(H2,5,7);4*1H4. The van der Waals surface area contributed by atoms with E-state index in [0.717, 1.165) is 19.3 Å². The number of hydrazone groups is 2. The fourth-order valence-electron chi connectivity index (χ4n) is 5.89. The first-order valence-corrected chi connectivity index (χ1v) is 21.4. The van der Waals surface area contributed by atoms with E-state index in [-0.39, 0.29) is 42.0 Å². The predicted molar refractivity (Wildman–Crippen MR) is 297 cm³/mol. The minimum atomic E-state index is -1.03. The van der Waals surface area contributed by atoms with Gasteiger partial charge in [-0.05, 0) is 127 Å². The van der Waals surface area contributed by atoms with Crippen molar-refractivity contribution >= 4 is 88.5 Å².